The average Bonchev–Trinajstić information content (AvgIpc) is 3.41. The predicted molar refractivity (Wildman–Crippen MR) is 324 cm³/mol. The molecule has 0 rings (SSSR count). The van der Waals surface area contributed by atoms with Gasteiger partial charge < -0.3 is 14.2 Å². The van der Waals surface area contributed by atoms with E-state index in [1.807, 2.05) is 0 Å². The number of hydrogen-bond donors (Lipinski definition) is 0. The molecule has 0 spiro atoms. The van der Waals surface area contributed by atoms with Gasteiger partial charge in [-0.2, -0.15) is 0 Å². The van der Waals surface area contributed by atoms with E-state index < -0.39 is 12.1 Å². The molecule has 0 heterocycles. The number of ether oxygens (including phenoxy) is 3. The summed E-state index contributed by atoms with van der Waals surface area (Å²) in [6.07, 6.45) is 91.8. The Morgan fingerprint density at radius 3 is 0.667 bits per heavy atom. The van der Waals surface area contributed by atoms with Gasteiger partial charge in [0.15, 0.2) is 6.10 Å². The second kappa shape index (κ2) is 61.1. The van der Waals surface area contributed by atoms with Crippen LogP contribution in [0.5, 0.6) is 0 Å². The molecule has 0 aliphatic heterocycles. The Bertz CT molecular complexity index is 1710. The van der Waals surface area contributed by atoms with Crippen LogP contribution < -0.4 is 0 Å². The first-order valence-electron chi connectivity index (χ1n) is 29.3. The zero-order chi connectivity index (χ0) is 54.3. The second-order valence-electron chi connectivity index (χ2n) is 18.5. The highest BCUT2D eigenvalue weighted by atomic mass is 16.6. The molecule has 0 fully saturated rings. The Morgan fingerprint density at radius 1 is 0.267 bits per heavy atom. The third-order valence-corrected chi connectivity index (χ3v) is 11.4. The van der Waals surface area contributed by atoms with Crippen LogP contribution in [0.15, 0.2) is 182 Å². The van der Waals surface area contributed by atoms with Crippen molar-refractivity contribution in [1.29, 1.82) is 0 Å². The average molecular weight is 1030 g/mol. The first-order chi connectivity index (χ1) is 37.0. The fraction of sp³-hybridized carbons (Fsp3) is 0.522. The standard InChI is InChI=1S/C69H104O6/c1-4-7-10-13-16-19-22-25-28-31-34-37-40-43-46-49-52-55-58-61-67(70)73-64-66(75-69(72)63-60-57-54-51-48-45-42-39-36-33-30-27-24-21-18-15-12-9-6-3)65-74-68(71)62-59-56-53-50-47-44-41-38-35-32-29-26-23-20-17-14-11-8-5-2/h13-18,22-27,31-36,40-45,49-54,66H,4-12,19-21,28-30,37-39,46-48,55-65H2,1-3H3/b16-13+,17-14+,18-15+,25-22+,26-23+,27-24+,34-31+,35-32+,36-33+,43-40+,44-41+,45-42+,52-49+,53-50+,54-51+. The summed E-state index contributed by atoms with van der Waals surface area (Å²) in [6, 6.07) is 0. The molecule has 416 valence electrons. The fourth-order valence-corrected chi connectivity index (χ4v) is 6.90. The third-order valence-electron chi connectivity index (χ3n) is 11.4. The molecule has 6 heteroatoms. The van der Waals surface area contributed by atoms with Crippen molar-refractivity contribution in [3.63, 3.8) is 0 Å². The van der Waals surface area contributed by atoms with Gasteiger partial charge in [0.25, 0.3) is 0 Å². The van der Waals surface area contributed by atoms with Gasteiger partial charge in [0.2, 0.25) is 0 Å². The highest BCUT2D eigenvalue weighted by molar-refractivity contribution is 5.71. The molecule has 0 amide bonds. The zero-order valence-electron chi connectivity index (χ0n) is 47.5. The molecule has 0 bridgehead atoms. The maximum atomic E-state index is 12.9. The molecule has 0 aromatic rings. The summed E-state index contributed by atoms with van der Waals surface area (Å²) >= 11 is 0. The van der Waals surface area contributed by atoms with Gasteiger partial charge >= 0.3 is 17.9 Å². The Hall–Kier alpha value is -5.49. The number of allylic oxidation sites excluding steroid dienone is 30. The van der Waals surface area contributed by atoms with Crippen LogP contribution in [0.3, 0.4) is 0 Å². The van der Waals surface area contributed by atoms with E-state index in [9.17, 15) is 14.4 Å². The summed E-state index contributed by atoms with van der Waals surface area (Å²) in [6.45, 7) is 6.34. The van der Waals surface area contributed by atoms with Crippen molar-refractivity contribution >= 4 is 17.9 Å². The molecule has 0 aliphatic carbocycles. The van der Waals surface area contributed by atoms with Crippen LogP contribution in [0, 0.1) is 0 Å². The molecule has 0 radical (unpaired) electrons. The molecule has 75 heavy (non-hydrogen) atoms. The van der Waals surface area contributed by atoms with E-state index in [4.69, 9.17) is 14.2 Å². The zero-order valence-corrected chi connectivity index (χ0v) is 47.5. The minimum absolute atomic E-state index is 0.158. The lowest BCUT2D eigenvalue weighted by molar-refractivity contribution is -0.166. The van der Waals surface area contributed by atoms with Gasteiger partial charge in [-0.05, 0) is 135 Å². The van der Waals surface area contributed by atoms with E-state index in [-0.39, 0.29) is 44.4 Å². The molecule has 0 atom stereocenters. The molecular weight excluding hydrogens is 925 g/mol. The van der Waals surface area contributed by atoms with Gasteiger partial charge in [0, 0.05) is 19.3 Å². The molecule has 0 unspecified atom stereocenters. The Morgan fingerprint density at radius 2 is 0.453 bits per heavy atom. The molecular formula is C69H104O6. The van der Waals surface area contributed by atoms with Crippen LogP contribution in [0.25, 0.3) is 0 Å². The minimum atomic E-state index is -0.866. The van der Waals surface area contributed by atoms with E-state index in [0.717, 1.165) is 96.3 Å². The van der Waals surface area contributed by atoms with Crippen molar-refractivity contribution in [3.8, 4) is 0 Å². The molecule has 0 saturated carbocycles. The van der Waals surface area contributed by atoms with E-state index in [1.54, 1.807) is 0 Å². The highest BCUT2D eigenvalue weighted by Crippen LogP contribution is 2.09. The topological polar surface area (TPSA) is 78.9 Å². The summed E-state index contributed by atoms with van der Waals surface area (Å²) in [5.74, 6) is -1.14. The molecule has 0 aromatic carbocycles. The van der Waals surface area contributed by atoms with Gasteiger partial charge in [0.05, 0.1) is 0 Å². The van der Waals surface area contributed by atoms with Crippen molar-refractivity contribution < 1.29 is 28.6 Å². The fourth-order valence-electron chi connectivity index (χ4n) is 6.90. The summed E-state index contributed by atoms with van der Waals surface area (Å²) in [5, 5.41) is 0. The van der Waals surface area contributed by atoms with Gasteiger partial charge in [-0.25, -0.2) is 0 Å². The van der Waals surface area contributed by atoms with E-state index in [1.165, 1.54) is 57.8 Å². The van der Waals surface area contributed by atoms with Crippen LogP contribution in [-0.4, -0.2) is 37.2 Å². The van der Waals surface area contributed by atoms with E-state index >= 15 is 0 Å². The van der Waals surface area contributed by atoms with Gasteiger partial charge in [-0.15, -0.1) is 0 Å². The van der Waals surface area contributed by atoms with Crippen molar-refractivity contribution in [2.75, 3.05) is 13.2 Å². The minimum Gasteiger partial charge on any atom is -0.462 e. The number of hydrogen-bond acceptors (Lipinski definition) is 6. The summed E-state index contributed by atoms with van der Waals surface area (Å²) in [4.78, 5) is 38.2. The Balaban J connectivity index is 4.71. The monoisotopic (exact) mass is 1030 g/mol. The number of esters is 3. The summed E-state index contributed by atoms with van der Waals surface area (Å²) in [5.41, 5.74) is 0. The van der Waals surface area contributed by atoms with Gasteiger partial charge in [-0.1, -0.05) is 242 Å². The number of carbonyl (C=O) groups excluding carboxylic acids is 3. The van der Waals surface area contributed by atoms with Crippen LogP contribution in [-0.2, 0) is 28.6 Å². The lowest BCUT2D eigenvalue weighted by atomic mass is 10.2. The molecule has 6 nitrogen and oxygen atoms in total. The lowest BCUT2D eigenvalue weighted by Crippen LogP contribution is -2.30. The number of carbonyl (C=O) groups is 3. The van der Waals surface area contributed by atoms with Crippen LogP contribution >= 0.6 is 0 Å². The number of unbranched alkanes of at least 4 members (excludes halogenated alkanes) is 9. The summed E-state index contributed by atoms with van der Waals surface area (Å²) in [7, 11) is 0. The Kier molecular flexibility index (Phi) is 56.6. The van der Waals surface area contributed by atoms with Crippen LogP contribution in [0.1, 0.15) is 213 Å². The molecule has 0 aliphatic rings. The maximum absolute atomic E-state index is 12.9. The number of rotatable bonds is 50. The summed E-state index contributed by atoms with van der Waals surface area (Å²) < 4.78 is 16.7. The van der Waals surface area contributed by atoms with Crippen molar-refractivity contribution in [2.45, 2.75) is 219 Å². The SMILES string of the molecule is CCCC/C=C/C/C=C/C/C=C/C/C=C/C/C=C/CCCC(=O)OCC(COC(=O)CCC/C=C/C/C=C/C/C=C/C/C=C/C/C=C/CCCC)OC(=O)CCC/C=C/C/C=C/C/C=C/C/C=C/C/C=C/CCCC. The maximum Gasteiger partial charge on any atom is 0.306 e. The van der Waals surface area contributed by atoms with Crippen molar-refractivity contribution in [3.05, 3.63) is 182 Å². The Labute approximate surface area is 459 Å². The normalized spacial score (nSPS) is 13.1. The van der Waals surface area contributed by atoms with Gasteiger partial charge in [-0.3, -0.25) is 14.4 Å². The molecule has 0 N–H and O–H groups in total. The van der Waals surface area contributed by atoms with Crippen LogP contribution in [0.2, 0.25) is 0 Å². The van der Waals surface area contributed by atoms with Crippen molar-refractivity contribution in [2.24, 2.45) is 0 Å². The quantitative estimate of drug-likeness (QED) is 0.0261. The first kappa shape index (κ1) is 69.5. The lowest BCUT2D eigenvalue weighted by Gasteiger charge is -2.18. The smallest absolute Gasteiger partial charge is 0.306 e. The highest BCUT2D eigenvalue weighted by Gasteiger charge is 2.19. The molecule has 0 saturated heterocycles. The third kappa shape index (κ3) is 59.3. The van der Waals surface area contributed by atoms with Crippen molar-refractivity contribution in [1.82, 2.24) is 0 Å². The predicted octanol–water partition coefficient (Wildman–Crippen LogP) is 20.1. The first-order valence-corrected chi connectivity index (χ1v) is 29.3. The van der Waals surface area contributed by atoms with E-state index in [2.05, 4.69) is 203 Å². The van der Waals surface area contributed by atoms with E-state index in [0.29, 0.717) is 19.3 Å². The van der Waals surface area contributed by atoms with Gasteiger partial charge in [0.1, 0.15) is 13.2 Å². The molecule has 0 aromatic heterocycles. The van der Waals surface area contributed by atoms with Crippen LogP contribution in [0.4, 0.5) is 0 Å². The second-order valence-corrected chi connectivity index (χ2v) is 18.5. The largest absolute Gasteiger partial charge is 0.462 e.